The van der Waals surface area contributed by atoms with Crippen LogP contribution in [0.15, 0.2) is 47.5 Å². The minimum absolute atomic E-state index is 0. The van der Waals surface area contributed by atoms with Crippen LogP contribution in [0.25, 0.3) is 10.8 Å². The molecule has 26 heavy (non-hydrogen) atoms. The lowest BCUT2D eigenvalue weighted by molar-refractivity contribution is -0.127. The summed E-state index contributed by atoms with van der Waals surface area (Å²) in [6.45, 7) is 5.15. The van der Waals surface area contributed by atoms with Gasteiger partial charge in [0.05, 0.1) is 6.04 Å². The molecule has 0 heterocycles. The third kappa shape index (κ3) is 6.48. The maximum Gasteiger partial charge on any atom is 0.243 e. The van der Waals surface area contributed by atoms with Gasteiger partial charge in [0, 0.05) is 20.6 Å². The molecule has 142 valence electrons. The number of hydrogen-bond donors (Lipinski definition) is 2. The van der Waals surface area contributed by atoms with Gasteiger partial charge in [0.1, 0.15) is 6.54 Å². The third-order valence-electron chi connectivity index (χ3n) is 4.04. The molecule has 0 spiro atoms. The van der Waals surface area contributed by atoms with Gasteiger partial charge in [-0.1, -0.05) is 43.3 Å². The topological polar surface area (TPSA) is 56.7 Å². The standard InChI is InChI=1S/C20H28N4O.HI/c1-5-12-21-20(22-14-19(25)24(3)4)23-15(2)17-11-10-16-8-6-7-9-18(16)13-17;/h6-11,13,15H,5,12,14H2,1-4H3,(H2,21,22,23);1H. The van der Waals surface area contributed by atoms with Crippen molar-refractivity contribution in [3.8, 4) is 0 Å². The van der Waals surface area contributed by atoms with Crippen LogP contribution in [-0.4, -0.2) is 44.0 Å². The van der Waals surface area contributed by atoms with Crippen molar-refractivity contribution in [2.75, 3.05) is 27.2 Å². The second-order valence-electron chi connectivity index (χ2n) is 6.35. The molecule has 2 rings (SSSR count). The molecule has 0 aromatic heterocycles. The number of likely N-dealkylation sites (N-methyl/N-ethyl adjacent to an activating group) is 1. The zero-order valence-electron chi connectivity index (χ0n) is 16.0. The molecule has 6 heteroatoms. The fourth-order valence-corrected chi connectivity index (χ4v) is 2.45. The van der Waals surface area contributed by atoms with Crippen molar-refractivity contribution < 1.29 is 4.79 Å². The first-order valence-electron chi connectivity index (χ1n) is 8.75. The Morgan fingerprint density at radius 3 is 2.50 bits per heavy atom. The number of rotatable bonds is 6. The van der Waals surface area contributed by atoms with Crippen molar-refractivity contribution in [3.05, 3.63) is 48.0 Å². The summed E-state index contributed by atoms with van der Waals surface area (Å²) in [5, 5.41) is 9.11. The summed E-state index contributed by atoms with van der Waals surface area (Å²) >= 11 is 0. The van der Waals surface area contributed by atoms with E-state index in [4.69, 9.17) is 0 Å². The first-order chi connectivity index (χ1) is 12.0. The number of amides is 1. The van der Waals surface area contributed by atoms with E-state index in [0.717, 1.165) is 13.0 Å². The summed E-state index contributed by atoms with van der Waals surface area (Å²) in [7, 11) is 3.48. The van der Waals surface area contributed by atoms with Crippen molar-refractivity contribution in [3.63, 3.8) is 0 Å². The molecule has 5 nitrogen and oxygen atoms in total. The number of carbonyl (C=O) groups is 1. The molecule has 2 aromatic carbocycles. The Bertz CT molecular complexity index is 745. The first-order valence-corrected chi connectivity index (χ1v) is 8.75. The number of carbonyl (C=O) groups excluding carboxylic acids is 1. The van der Waals surface area contributed by atoms with Gasteiger partial charge in [-0.25, -0.2) is 4.99 Å². The van der Waals surface area contributed by atoms with Gasteiger partial charge in [-0.2, -0.15) is 0 Å². The SMILES string of the molecule is CCCNC(=NCC(=O)N(C)C)NC(C)c1ccc2ccccc2c1.I. The minimum atomic E-state index is -0.0176. The smallest absolute Gasteiger partial charge is 0.243 e. The van der Waals surface area contributed by atoms with Gasteiger partial charge in [-0.05, 0) is 35.7 Å². The van der Waals surface area contributed by atoms with Crippen molar-refractivity contribution >= 4 is 46.6 Å². The number of benzene rings is 2. The molecule has 0 saturated heterocycles. The monoisotopic (exact) mass is 468 g/mol. The lowest BCUT2D eigenvalue weighted by Crippen LogP contribution is -2.40. The number of guanidine groups is 1. The number of nitrogens with zero attached hydrogens (tertiary/aromatic N) is 2. The normalized spacial score (nSPS) is 12.2. The predicted molar refractivity (Wildman–Crippen MR) is 120 cm³/mol. The van der Waals surface area contributed by atoms with E-state index >= 15 is 0 Å². The van der Waals surface area contributed by atoms with E-state index in [1.165, 1.54) is 16.3 Å². The molecule has 0 radical (unpaired) electrons. The molecular weight excluding hydrogens is 439 g/mol. The third-order valence-corrected chi connectivity index (χ3v) is 4.04. The molecular formula is C20H29IN4O. The number of hydrogen-bond acceptors (Lipinski definition) is 2. The van der Waals surface area contributed by atoms with E-state index in [0.29, 0.717) is 5.96 Å². The van der Waals surface area contributed by atoms with Crippen LogP contribution in [0, 0.1) is 0 Å². The van der Waals surface area contributed by atoms with E-state index in [1.807, 2.05) is 12.1 Å². The van der Waals surface area contributed by atoms with Crippen LogP contribution in [0.4, 0.5) is 0 Å². The van der Waals surface area contributed by atoms with E-state index in [9.17, 15) is 4.79 Å². The first kappa shape index (κ1) is 22.2. The summed E-state index contributed by atoms with van der Waals surface area (Å²) in [4.78, 5) is 17.7. The quantitative estimate of drug-likeness (QED) is 0.388. The highest BCUT2D eigenvalue weighted by molar-refractivity contribution is 14.0. The molecule has 0 aliphatic carbocycles. The van der Waals surface area contributed by atoms with Crippen LogP contribution >= 0.6 is 24.0 Å². The number of aliphatic imine (C=N–C) groups is 1. The highest BCUT2D eigenvalue weighted by Crippen LogP contribution is 2.20. The molecule has 1 amide bonds. The zero-order chi connectivity index (χ0) is 18.2. The summed E-state index contributed by atoms with van der Waals surface area (Å²) < 4.78 is 0. The lowest BCUT2D eigenvalue weighted by Gasteiger charge is -2.19. The Kier molecular flexibility index (Phi) is 9.40. The Hall–Kier alpha value is -1.83. The maximum absolute atomic E-state index is 11.8. The molecule has 1 atom stereocenters. The van der Waals surface area contributed by atoms with Crippen molar-refractivity contribution in [2.24, 2.45) is 4.99 Å². The van der Waals surface area contributed by atoms with Gasteiger partial charge >= 0.3 is 0 Å². The van der Waals surface area contributed by atoms with Gasteiger partial charge < -0.3 is 15.5 Å². The van der Waals surface area contributed by atoms with Crippen molar-refractivity contribution in [2.45, 2.75) is 26.3 Å². The molecule has 2 aromatic rings. The highest BCUT2D eigenvalue weighted by Gasteiger charge is 2.10. The fourth-order valence-electron chi connectivity index (χ4n) is 2.45. The second kappa shape index (κ2) is 11.0. The van der Waals surface area contributed by atoms with Crippen LogP contribution < -0.4 is 10.6 Å². The van der Waals surface area contributed by atoms with Crippen LogP contribution in [-0.2, 0) is 4.79 Å². The molecule has 0 bridgehead atoms. The van der Waals surface area contributed by atoms with Crippen molar-refractivity contribution in [1.29, 1.82) is 0 Å². The van der Waals surface area contributed by atoms with E-state index < -0.39 is 0 Å². The van der Waals surface area contributed by atoms with Gasteiger partial charge in [0.15, 0.2) is 5.96 Å². The highest BCUT2D eigenvalue weighted by atomic mass is 127. The van der Waals surface area contributed by atoms with Crippen LogP contribution in [0.5, 0.6) is 0 Å². The Morgan fingerprint density at radius 1 is 1.15 bits per heavy atom. The summed E-state index contributed by atoms with van der Waals surface area (Å²) in [5.41, 5.74) is 1.18. The maximum atomic E-state index is 11.8. The lowest BCUT2D eigenvalue weighted by atomic mass is 10.0. The fraction of sp³-hybridized carbons (Fsp3) is 0.400. The number of nitrogens with one attached hydrogen (secondary N) is 2. The zero-order valence-corrected chi connectivity index (χ0v) is 18.3. The molecule has 1 unspecified atom stereocenters. The largest absolute Gasteiger partial charge is 0.356 e. The van der Waals surface area contributed by atoms with E-state index in [1.54, 1.807) is 19.0 Å². The Morgan fingerprint density at radius 2 is 1.85 bits per heavy atom. The van der Waals surface area contributed by atoms with Crippen LogP contribution in [0.2, 0.25) is 0 Å². The molecule has 2 N–H and O–H groups in total. The molecule has 0 fully saturated rings. The van der Waals surface area contributed by atoms with Gasteiger partial charge in [0.25, 0.3) is 0 Å². The number of halogens is 1. The molecule has 0 aliphatic rings. The Balaban J connectivity index is 0.00000338. The van der Waals surface area contributed by atoms with E-state index in [2.05, 4.69) is 59.8 Å². The second-order valence-corrected chi connectivity index (χ2v) is 6.35. The average Bonchev–Trinajstić information content (AvgIpc) is 2.62. The average molecular weight is 468 g/mol. The molecule has 0 aliphatic heterocycles. The van der Waals surface area contributed by atoms with Crippen LogP contribution in [0.1, 0.15) is 31.9 Å². The van der Waals surface area contributed by atoms with Crippen LogP contribution in [0.3, 0.4) is 0 Å². The van der Waals surface area contributed by atoms with Gasteiger partial charge in [0.2, 0.25) is 5.91 Å². The number of fused-ring (bicyclic) bond motifs is 1. The van der Waals surface area contributed by atoms with Crippen molar-refractivity contribution in [1.82, 2.24) is 15.5 Å². The van der Waals surface area contributed by atoms with Gasteiger partial charge in [-0.15, -0.1) is 24.0 Å². The molecule has 0 saturated carbocycles. The summed E-state index contributed by atoms with van der Waals surface area (Å²) in [6, 6.07) is 14.9. The van der Waals surface area contributed by atoms with E-state index in [-0.39, 0.29) is 42.5 Å². The predicted octanol–water partition coefficient (Wildman–Crippen LogP) is 3.55. The summed E-state index contributed by atoms with van der Waals surface area (Å²) in [5.74, 6) is 0.647. The Labute approximate surface area is 173 Å². The summed E-state index contributed by atoms with van der Waals surface area (Å²) in [6.07, 6.45) is 0.993. The van der Waals surface area contributed by atoms with Gasteiger partial charge in [-0.3, -0.25) is 4.79 Å². The minimum Gasteiger partial charge on any atom is -0.356 e.